The van der Waals surface area contributed by atoms with Crippen molar-refractivity contribution in [3.05, 3.63) is 33.9 Å². The van der Waals surface area contributed by atoms with E-state index in [1.807, 2.05) is 19.1 Å². The Labute approximate surface area is 154 Å². The van der Waals surface area contributed by atoms with Gasteiger partial charge in [0.05, 0.1) is 12.0 Å². The molecule has 7 nitrogen and oxygen atoms in total. The SMILES string of the molecule is CC(=O)NC1CN(C(=O)c2scc3c2OCCO3)CC1c1ccc(C)o1. The van der Waals surface area contributed by atoms with Crippen LogP contribution in [0.4, 0.5) is 0 Å². The normalized spacial score (nSPS) is 21.7. The molecule has 138 valence electrons. The van der Waals surface area contributed by atoms with Gasteiger partial charge in [0.1, 0.15) is 29.6 Å². The van der Waals surface area contributed by atoms with Crippen molar-refractivity contribution in [3.63, 3.8) is 0 Å². The highest BCUT2D eigenvalue weighted by Gasteiger charge is 2.40. The minimum absolute atomic E-state index is 0.0792. The van der Waals surface area contributed by atoms with E-state index in [4.69, 9.17) is 13.9 Å². The Morgan fingerprint density at radius 3 is 2.77 bits per heavy atom. The smallest absolute Gasteiger partial charge is 0.267 e. The van der Waals surface area contributed by atoms with E-state index in [1.54, 1.807) is 10.3 Å². The van der Waals surface area contributed by atoms with Crippen molar-refractivity contribution < 1.29 is 23.5 Å². The van der Waals surface area contributed by atoms with E-state index < -0.39 is 0 Å². The average molecular weight is 376 g/mol. The summed E-state index contributed by atoms with van der Waals surface area (Å²) in [6, 6.07) is 3.62. The van der Waals surface area contributed by atoms with Crippen LogP contribution < -0.4 is 14.8 Å². The van der Waals surface area contributed by atoms with Crippen molar-refractivity contribution >= 4 is 23.2 Å². The summed E-state index contributed by atoms with van der Waals surface area (Å²) in [5, 5.41) is 4.75. The summed E-state index contributed by atoms with van der Waals surface area (Å²) in [5.74, 6) is 2.43. The number of thiophene rings is 1. The van der Waals surface area contributed by atoms with E-state index in [1.165, 1.54) is 18.3 Å². The number of hydrogen-bond acceptors (Lipinski definition) is 6. The molecular formula is C18H20N2O5S. The maximum absolute atomic E-state index is 13.1. The highest BCUT2D eigenvalue weighted by atomic mass is 32.1. The first-order valence-electron chi connectivity index (χ1n) is 8.52. The molecule has 2 aliphatic heterocycles. The van der Waals surface area contributed by atoms with Gasteiger partial charge in [-0.25, -0.2) is 0 Å². The van der Waals surface area contributed by atoms with Gasteiger partial charge in [-0.3, -0.25) is 9.59 Å². The van der Waals surface area contributed by atoms with Crippen LogP contribution in [0.15, 0.2) is 21.9 Å². The number of nitrogens with zero attached hydrogens (tertiary/aromatic N) is 1. The van der Waals surface area contributed by atoms with E-state index >= 15 is 0 Å². The molecule has 0 saturated carbocycles. The van der Waals surface area contributed by atoms with Crippen LogP contribution in [0.25, 0.3) is 0 Å². The summed E-state index contributed by atoms with van der Waals surface area (Å²) in [6.45, 7) is 5.19. The van der Waals surface area contributed by atoms with Gasteiger partial charge in [-0.15, -0.1) is 11.3 Å². The largest absolute Gasteiger partial charge is 0.485 e. The number of nitrogens with one attached hydrogen (secondary N) is 1. The first-order chi connectivity index (χ1) is 12.5. The number of likely N-dealkylation sites (tertiary alicyclic amines) is 1. The Morgan fingerprint density at radius 1 is 1.23 bits per heavy atom. The van der Waals surface area contributed by atoms with Crippen LogP contribution >= 0.6 is 11.3 Å². The molecule has 0 aromatic carbocycles. The molecule has 4 rings (SSSR count). The lowest BCUT2D eigenvalue weighted by Gasteiger charge is -2.19. The summed E-state index contributed by atoms with van der Waals surface area (Å²) >= 11 is 1.32. The first-order valence-corrected chi connectivity index (χ1v) is 9.40. The van der Waals surface area contributed by atoms with Crippen LogP contribution in [0.5, 0.6) is 11.5 Å². The Hall–Kier alpha value is -2.48. The molecule has 0 bridgehead atoms. The molecule has 2 atom stereocenters. The van der Waals surface area contributed by atoms with Crippen LogP contribution in [0.2, 0.25) is 0 Å². The van der Waals surface area contributed by atoms with Gasteiger partial charge in [0, 0.05) is 25.4 Å². The van der Waals surface area contributed by atoms with E-state index in [2.05, 4.69) is 5.32 Å². The molecule has 2 aromatic rings. The first kappa shape index (κ1) is 17.0. The van der Waals surface area contributed by atoms with Crippen molar-refractivity contribution in [2.24, 2.45) is 0 Å². The van der Waals surface area contributed by atoms with Crippen LogP contribution in [0, 0.1) is 6.92 Å². The lowest BCUT2D eigenvalue weighted by molar-refractivity contribution is -0.119. The fourth-order valence-electron chi connectivity index (χ4n) is 3.47. The molecule has 2 aromatic heterocycles. The van der Waals surface area contributed by atoms with E-state index in [0.717, 1.165) is 11.5 Å². The third kappa shape index (κ3) is 3.05. The molecule has 0 aliphatic carbocycles. The van der Waals surface area contributed by atoms with Crippen LogP contribution in [0.1, 0.15) is 34.0 Å². The maximum Gasteiger partial charge on any atom is 0.267 e. The summed E-state index contributed by atoms with van der Waals surface area (Å²) in [4.78, 5) is 26.9. The third-order valence-corrected chi connectivity index (χ3v) is 5.55. The fraction of sp³-hybridized carbons (Fsp3) is 0.444. The molecule has 2 aliphatic rings. The van der Waals surface area contributed by atoms with E-state index in [0.29, 0.717) is 42.7 Å². The zero-order valence-corrected chi connectivity index (χ0v) is 15.4. The highest BCUT2D eigenvalue weighted by Crippen LogP contribution is 2.41. The predicted molar refractivity (Wildman–Crippen MR) is 95.0 cm³/mol. The predicted octanol–water partition coefficient (Wildman–Crippen LogP) is 2.17. The Morgan fingerprint density at radius 2 is 2.04 bits per heavy atom. The number of ether oxygens (including phenoxy) is 2. The number of fused-ring (bicyclic) bond motifs is 1. The molecule has 1 fully saturated rings. The molecule has 4 heterocycles. The lowest BCUT2D eigenvalue weighted by atomic mass is 10.0. The van der Waals surface area contributed by atoms with Gasteiger partial charge in [0.2, 0.25) is 5.91 Å². The molecule has 1 saturated heterocycles. The molecule has 1 N–H and O–H groups in total. The van der Waals surface area contributed by atoms with Gasteiger partial charge in [-0.05, 0) is 19.1 Å². The Bertz CT molecular complexity index is 843. The van der Waals surface area contributed by atoms with Crippen molar-refractivity contribution in [1.29, 1.82) is 0 Å². The van der Waals surface area contributed by atoms with Crippen LogP contribution in [0.3, 0.4) is 0 Å². The monoisotopic (exact) mass is 376 g/mol. The van der Waals surface area contributed by atoms with Crippen molar-refractivity contribution in [2.45, 2.75) is 25.8 Å². The minimum atomic E-state index is -0.185. The second-order valence-electron chi connectivity index (χ2n) is 6.53. The topological polar surface area (TPSA) is 81.0 Å². The molecule has 0 spiro atoms. The van der Waals surface area contributed by atoms with E-state index in [-0.39, 0.29) is 23.8 Å². The summed E-state index contributed by atoms with van der Waals surface area (Å²) in [6.07, 6.45) is 0. The van der Waals surface area contributed by atoms with Gasteiger partial charge in [0.25, 0.3) is 5.91 Å². The number of aryl methyl sites for hydroxylation is 1. The summed E-state index contributed by atoms with van der Waals surface area (Å²) < 4.78 is 16.9. The zero-order valence-electron chi connectivity index (χ0n) is 14.6. The summed E-state index contributed by atoms with van der Waals surface area (Å²) in [5.41, 5.74) is 0. The van der Waals surface area contributed by atoms with Crippen LogP contribution in [-0.4, -0.2) is 49.1 Å². The minimum Gasteiger partial charge on any atom is -0.485 e. The average Bonchev–Trinajstić information content (AvgIpc) is 3.31. The molecule has 0 radical (unpaired) electrons. The Balaban J connectivity index is 1.58. The number of carbonyl (C=O) groups excluding carboxylic acids is 2. The number of hydrogen-bond donors (Lipinski definition) is 1. The van der Waals surface area contributed by atoms with Gasteiger partial charge in [0.15, 0.2) is 11.5 Å². The van der Waals surface area contributed by atoms with Gasteiger partial charge >= 0.3 is 0 Å². The second kappa shape index (κ2) is 6.68. The lowest BCUT2D eigenvalue weighted by Crippen LogP contribution is -2.39. The number of carbonyl (C=O) groups is 2. The second-order valence-corrected chi connectivity index (χ2v) is 7.41. The highest BCUT2D eigenvalue weighted by molar-refractivity contribution is 7.12. The third-order valence-electron chi connectivity index (χ3n) is 4.62. The fourth-order valence-corrected chi connectivity index (χ4v) is 4.37. The van der Waals surface area contributed by atoms with Crippen molar-refractivity contribution in [2.75, 3.05) is 26.3 Å². The quantitative estimate of drug-likeness (QED) is 0.888. The molecule has 2 unspecified atom stereocenters. The van der Waals surface area contributed by atoms with Gasteiger partial charge in [-0.2, -0.15) is 0 Å². The van der Waals surface area contributed by atoms with Crippen molar-refractivity contribution in [3.8, 4) is 11.5 Å². The maximum atomic E-state index is 13.1. The van der Waals surface area contributed by atoms with Gasteiger partial charge in [-0.1, -0.05) is 0 Å². The molecule has 8 heteroatoms. The van der Waals surface area contributed by atoms with Gasteiger partial charge < -0.3 is 24.1 Å². The van der Waals surface area contributed by atoms with Crippen LogP contribution in [-0.2, 0) is 4.79 Å². The summed E-state index contributed by atoms with van der Waals surface area (Å²) in [7, 11) is 0. The van der Waals surface area contributed by atoms with E-state index in [9.17, 15) is 9.59 Å². The standard InChI is InChI=1S/C18H20N2O5S/c1-10-3-4-14(25-10)12-7-20(8-13(12)19-11(2)21)18(22)17-16-15(9-26-17)23-5-6-24-16/h3-4,9,12-13H,5-8H2,1-2H3,(H,19,21). The number of rotatable bonds is 3. The Kier molecular flexibility index (Phi) is 4.36. The van der Waals surface area contributed by atoms with Crippen molar-refractivity contribution in [1.82, 2.24) is 10.2 Å². The molecule has 26 heavy (non-hydrogen) atoms. The zero-order chi connectivity index (χ0) is 18.3. The number of furan rings is 1. The number of amides is 2. The molecule has 2 amide bonds. The molecular weight excluding hydrogens is 356 g/mol.